The van der Waals surface area contributed by atoms with Crippen molar-refractivity contribution in [2.75, 3.05) is 18.0 Å². The third-order valence-electron chi connectivity index (χ3n) is 3.48. The SMILES string of the molecule is CC(=O)c1ccc(N2C(C)CNC(=O)C2CN)cc1. The molecule has 0 aliphatic carbocycles. The highest BCUT2D eigenvalue weighted by molar-refractivity contribution is 5.94. The molecule has 1 aliphatic heterocycles. The van der Waals surface area contributed by atoms with Crippen LogP contribution in [0, 0.1) is 0 Å². The highest BCUT2D eigenvalue weighted by Crippen LogP contribution is 2.22. The summed E-state index contributed by atoms with van der Waals surface area (Å²) in [6, 6.07) is 7.12. The van der Waals surface area contributed by atoms with Gasteiger partial charge in [0.25, 0.3) is 0 Å². The van der Waals surface area contributed by atoms with Gasteiger partial charge in [0.2, 0.25) is 5.91 Å². The van der Waals surface area contributed by atoms with Gasteiger partial charge in [0.1, 0.15) is 6.04 Å². The summed E-state index contributed by atoms with van der Waals surface area (Å²) in [6.45, 7) is 4.45. The summed E-state index contributed by atoms with van der Waals surface area (Å²) < 4.78 is 0. The Labute approximate surface area is 112 Å². The molecule has 2 atom stereocenters. The summed E-state index contributed by atoms with van der Waals surface area (Å²) in [5.41, 5.74) is 7.29. The first kappa shape index (κ1) is 13.5. The maximum Gasteiger partial charge on any atom is 0.244 e. The molecule has 3 N–H and O–H groups in total. The fraction of sp³-hybridized carbons (Fsp3) is 0.429. The van der Waals surface area contributed by atoms with E-state index in [1.54, 1.807) is 12.1 Å². The summed E-state index contributed by atoms with van der Waals surface area (Å²) in [6.07, 6.45) is 0. The average molecular weight is 261 g/mol. The predicted octanol–water partition coefficient (Wildman–Crippen LogP) is 0.541. The number of hydrogen-bond acceptors (Lipinski definition) is 4. The molecule has 19 heavy (non-hydrogen) atoms. The van der Waals surface area contributed by atoms with Crippen LogP contribution in [-0.4, -0.2) is 36.9 Å². The second kappa shape index (κ2) is 5.40. The van der Waals surface area contributed by atoms with E-state index in [4.69, 9.17) is 5.73 Å². The Kier molecular flexibility index (Phi) is 3.85. The molecule has 1 saturated heterocycles. The topological polar surface area (TPSA) is 75.4 Å². The van der Waals surface area contributed by atoms with Gasteiger partial charge in [-0.05, 0) is 38.1 Å². The number of nitrogens with two attached hydrogens (primary N) is 1. The van der Waals surface area contributed by atoms with Gasteiger partial charge < -0.3 is 16.0 Å². The Morgan fingerprint density at radius 3 is 2.58 bits per heavy atom. The lowest BCUT2D eigenvalue weighted by Crippen LogP contribution is -2.62. The van der Waals surface area contributed by atoms with Gasteiger partial charge in [0, 0.05) is 30.4 Å². The molecule has 1 heterocycles. The maximum atomic E-state index is 11.8. The molecule has 0 bridgehead atoms. The predicted molar refractivity (Wildman–Crippen MR) is 74.2 cm³/mol. The van der Waals surface area contributed by atoms with Crippen LogP contribution in [0.15, 0.2) is 24.3 Å². The fourth-order valence-electron chi connectivity index (χ4n) is 2.42. The first-order valence-electron chi connectivity index (χ1n) is 6.41. The van der Waals surface area contributed by atoms with Crippen molar-refractivity contribution in [1.29, 1.82) is 0 Å². The van der Waals surface area contributed by atoms with E-state index < -0.39 is 0 Å². The number of Topliss-reactive ketones (excluding diaryl/α,β-unsaturated/α-hetero) is 1. The number of ketones is 1. The molecule has 1 aliphatic rings. The molecule has 5 nitrogen and oxygen atoms in total. The number of piperazine rings is 1. The van der Waals surface area contributed by atoms with E-state index in [2.05, 4.69) is 5.32 Å². The number of rotatable bonds is 3. The average Bonchev–Trinajstić information content (AvgIpc) is 2.41. The zero-order chi connectivity index (χ0) is 14.0. The van der Waals surface area contributed by atoms with Crippen LogP contribution in [0.25, 0.3) is 0 Å². The number of anilines is 1. The van der Waals surface area contributed by atoms with Gasteiger partial charge in [-0.2, -0.15) is 0 Å². The summed E-state index contributed by atoms with van der Waals surface area (Å²) in [5.74, 6) is -0.0115. The van der Waals surface area contributed by atoms with E-state index in [0.29, 0.717) is 12.1 Å². The summed E-state index contributed by atoms with van der Waals surface area (Å²) >= 11 is 0. The van der Waals surface area contributed by atoms with Crippen LogP contribution in [0.3, 0.4) is 0 Å². The van der Waals surface area contributed by atoms with E-state index in [9.17, 15) is 9.59 Å². The molecule has 1 amide bonds. The minimum absolute atomic E-state index is 0.0337. The van der Waals surface area contributed by atoms with Crippen molar-refractivity contribution < 1.29 is 9.59 Å². The lowest BCUT2D eigenvalue weighted by molar-refractivity contribution is -0.123. The molecule has 1 aromatic carbocycles. The van der Waals surface area contributed by atoms with E-state index in [1.165, 1.54) is 6.92 Å². The zero-order valence-electron chi connectivity index (χ0n) is 11.2. The fourth-order valence-corrected chi connectivity index (χ4v) is 2.42. The van der Waals surface area contributed by atoms with Gasteiger partial charge in [-0.3, -0.25) is 9.59 Å². The van der Waals surface area contributed by atoms with E-state index >= 15 is 0 Å². The summed E-state index contributed by atoms with van der Waals surface area (Å²) in [5, 5.41) is 2.85. The van der Waals surface area contributed by atoms with Crippen LogP contribution >= 0.6 is 0 Å². The van der Waals surface area contributed by atoms with Crippen molar-refractivity contribution in [3.05, 3.63) is 29.8 Å². The molecule has 2 rings (SSSR count). The minimum Gasteiger partial charge on any atom is -0.354 e. The molecule has 0 saturated carbocycles. The number of carbonyl (C=O) groups is 2. The van der Waals surface area contributed by atoms with Gasteiger partial charge in [-0.25, -0.2) is 0 Å². The Balaban J connectivity index is 2.31. The molecule has 1 aromatic rings. The second-order valence-corrected chi connectivity index (χ2v) is 4.86. The number of nitrogens with zero attached hydrogens (tertiary/aromatic N) is 1. The van der Waals surface area contributed by atoms with Gasteiger partial charge in [0.05, 0.1) is 0 Å². The van der Waals surface area contributed by atoms with Crippen LogP contribution in [-0.2, 0) is 4.79 Å². The Bertz CT molecular complexity index is 484. The first-order valence-corrected chi connectivity index (χ1v) is 6.41. The largest absolute Gasteiger partial charge is 0.354 e. The van der Waals surface area contributed by atoms with Crippen molar-refractivity contribution in [2.45, 2.75) is 25.9 Å². The van der Waals surface area contributed by atoms with Crippen molar-refractivity contribution in [3.8, 4) is 0 Å². The Morgan fingerprint density at radius 1 is 1.42 bits per heavy atom. The highest BCUT2D eigenvalue weighted by atomic mass is 16.2. The Morgan fingerprint density at radius 2 is 2.05 bits per heavy atom. The third-order valence-corrected chi connectivity index (χ3v) is 3.48. The van der Waals surface area contributed by atoms with Crippen LogP contribution in [0.5, 0.6) is 0 Å². The molecule has 1 fully saturated rings. The number of hydrogen-bond donors (Lipinski definition) is 2. The quantitative estimate of drug-likeness (QED) is 0.779. The molecule has 0 spiro atoms. The van der Waals surface area contributed by atoms with Crippen LogP contribution in [0.2, 0.25) is 0 Å². The van der Waals surface area contributed by atoms with Gasteiger partial charge in [-0.1, -0.05) is 0 Å². The number of carbonyl (C=O) groups excluding carboxylic acids is 2. The molecule has 0 aromatic heterocycles. The standard InChI is InChI=1S/C14H19N3O2/c1-9-8-16-14(19)13(7-15)17(9)12-5-3-11(4-6-12)10(2)18/h3-6,9,13H,7-8,15H2,1-2H3,(H,16,19). The lowest BCUT2D eigenvalue weighted by atomic mass is 10.0. The van der Waals surface area contributed by atoms with Crippen molar-refractivity contribution in [1.82, 2.24) is 5.32 Å². The number of nitrogens with one attached hydrogen (secondary N) is 1. The minimum atomic E-state index is -0.355. The zero-order valence-corrected chi connectivity index (χ0v) is 11.2. The van der Waals surface area contributed by atoms with Crippen LogP contribution in [0.4, 0.5) is 5.69 Å². The van der Waals surface area contributed by atoms with E-state index in [1.807, 2.05) is 24.0 Å². The highest BCUT2D eigenvalue weighted by Gasteiger charge is 2.33. The molecule has 2 unspecified atom stereocenters. The first-order chi connectivity index (χ1) is 9.04. The smallest absolute Gasteiger partial charge is 0.244 e. The molecular weight excluding hydrogens is 242 g/mol. The van der Waals surface area contributed by atoms with Crippen LogP contribution in [0.1, 0.15) is 24.2 Å². The van der Waals surface area contributed by atoms with E-state index in [0.717, 1.165) is 5.69 Å². The number of amides is 1. The second-order valence-electron chi connectivity index (χ2n) is 4.86. The normalized spacial score (nSPS) is 23.1. The lowest BCUT2D eigenvalue weighted by Gasteiger charge is -2.41. The summed E-state index contributed by atoms with van der Waals surface area (Å²) in [7, 11) is 0. The Hall–Kier alpha value is -1.88. The van der Waals surface area contributed by atoms with Crippen molar-refractivity contribution in [3.63, 3.8) is 0 Å². The third kappa shape index (κ3) is 2.61. The van der Waals surface area contributed by atoms with Crippen molar-refractivity contribution >= 4 is 17.4 Å². The van der Waals surface area contributed by atoms with Gasteiger partial charge in [-0.15, -0.1) is 0 Å². The molecule has 0 radical (unpaired) electrons. The van der Waals surface area contributed by atoms with Gasteiger partial charge in [0.15, 0.2) is 5.78 Å². The maximum absolute atomic E-state index is 11.8. The van der Waals surface area contributed by atoms with Gasteiger partial charge >= 0.3 is 0 Å². The molecule has 102 valence electrons. The monoisotopic (exact) mass is 261 g/mol. The van der Waals surface area contributed by atoms with E-state index in [-0.39, 0.29) is 30.3 Å². The van der Waals surface area contributed by atoms with Crippen molar-refractivity contribution in [2.24, 2.45) is 5.73 Å². The summed E-state index contributed by atoms with van der Waals surface area (Å²) in [4.78, 5) is 25.1. The molecular formula is C14H19N3O2. The molecule has 5 heteroatoms. The van der Waals surface area contributed by atoms with Crippen LogP contribution < -0.4 is 16.0 Å². The number of benzene rings is 1.